The third-order valence-electron chi connectivity index (χ3n) is 4.31. The lowest BCUT2D eigenvalue weighted by Gasteiger charge is -2.21. The lowest BCUT2D eigenvalue weighted by molar-refractivity contribution is -0.138. The second-order valence-electron chi connectivity index (χ2n) is 6.15. The normalized spacial score (nSPS) is 19.3. The number of halogens is 4. The Kier molecular flexibility index (Phi) is 6.64. The lowest BCUT2D eigenvalue weighted by atomic mass is 10.1. The van der Waals surface area contributed by atoms with E-state index in [1.165, 1.54) is 0 Å². The number of aliphatic imine (C=N–C) groups is 1. The van der Waals surface area contributed by atoms with Gasteiger partial charge in [0, 0.05) is 19.1 Å². The molecular formula is C17H24F4N4. The molecule has 25 heavy (non-hydrogen) atoms. The second kappa shape index (κ2) is 8.51. The summed E-state index contributed by atoms with van der Waals surface area (Å²) in [6, 6.07) is 3.06. The molecule has 1 saturated heterocycles. The highest BCUT2D eigenvalue weighted by Crippen LogP contribution is 2.32. The Morgan fingerprint density at radius 1 is 1.32 bits per heavy atom. The van der Waals surface area contributed by atoms with E-state index in [0.29, 0.717) is 31.2 Å². The van der Waals surface area contributed by atoms with Crippen LogP contribution in [0.2, 0.25) is 0 Å². The van der Waals surface area contributed by atoms with E-state index in [1.54, 1.807) is 0 Å². The predicted octanol–water partition coefficient (Wildman–Crippen LogP) is 2.99. The molecule has 1 heterocycles. The van der Waals surface area contributed by atoms with E-state index in [2.05, 4.69) is 27.6 Å². The fourth-order valence-electron chi connectivity index (χ4n) is 2.91. The van der Waals surface area contributed by atoms with Crippen molar-refractivity contribution < 1.29 is 17.6 Å². The minimum atomic E-state index is -4.61. The number of rotatable bonds is 5. The Labute approximate surface area is 145 Å². The van der Waals surface area contributed by atoms with Gasteiger partial charge >= 0.3 is 6.18 Å². The molecule has 1 unspecified atom stereocenters. The van der Waals surface area contributed by atoms with E-state index >= 15 is 0 Å². The number of likely N-dealkylation sites (N-methyl/N-ethyl adjacent to an activating group) is 1. The average molecular weight is 360 g/mol. The van der Waals surface area contributed by atoms with Crippen molar-refractivity contribution in [3.63, 3.8) is 0 Å². The maximum absolute atomic E-state index is 13.2. The zero-order chi connectivity index (χ0) is 18.4. The summed E-state index contributed by atoms with van der Waals surface area (Å²) in [7, 11) is 2.05. The van der Waals surface area contributed by atoms with Crippen molar-refractivity contribution in [3.05, 3.63) is 35.1 Å². The SMILES string of the molecule is CCNC(=NCc1ccc(F)cc1C(F)(F)F)NCC1CCCN1C. The maximum atomic E-state index is 13.2. The molecule has 1 aromatic rings. The van der Waals surface area contributed by atoms with E-state index in [4.69, 9.17) is 0 Å². The summed E-state index contributed by atoms with van der Waals surface area (Å²) in [5, 5.41) is 6.20. The van der Waals surface area contributed by atoms with Crippen molar-refractivity contribution in [1.29, 1.82) is 0 Å². The van der Waals surface area contributed by atoms with Crippen LogP contribution in [0.4, 0.5) is 17.6 Å². The topological polar surface area (TPSA) is 39.7 Å². The van der Waals surface area contributed by atoms with Gasteiger partial charge in [-0.25, -0.2) is 9.38 Å². The Bertz CT molecular complexity index is 601. The molecule has 2 N–H and O–H groups in total. The summed E-state index contributed by atoms with van der Waals surface area (Å²) in [5.41, 5.74) is -1.04. The fourth-order valence-corrected chi connectivity index (χ4v) is 2.91. The Balaban J connectivity index is 2.08. The smallest absolute Gasteiger partial charge is 0.357 e. The molecular weight excluding hydrogens is 336 g/mol. The van der Waals surface area contributed by atoms with Gasteiger partial charge < -0.3 is 15.5 Å². The summed E-state index contributed by atoms with van der Waals surface area (Å²) in [4.78, 5) is 6.48. The molecule has 0 spiro atoms. The van der Waals surface area contributed by atoms with Gasteiger partial charge in [-0.15, -0.1) is 0 Å². The van der Waals surface area contributed by atoms with E-state index in [9.17, 15) is 17.6 Å². The fraction of sp³-hybridized carbons (Fsp3) is 0.588. The summed E-state index contributed by atoms with van der Waals surface area (Å²) in [6.07, 6.45) is -2.38. The van der Waals surface area contributed by atoms with Crippen LogP contribution in [-0.4, -0.2) is 43.6 Å². The number of benzene rings is 1. The van der Waals surface area contributed by atoms with Gasteiger partial charge in [0.15, 0.2) is 5.96 Å². The highest BCUT2D eigenvalue weighted by Gasteiger charge is 2.33. The minimum absolute atomic E-state index is 0.0518. The molecule has 140 valence electrons. The van der Waals surface area contributed by atoms with Gasteiger partial charge in [-0.3, -0.25) is 0 Å². The number of likely N-dealkylation sites (tertiary alicyclic amines) is 1. The standard InChI is InChI=1S/C17H24F4N4/c1-3-22-16(24-11-14-5-4-8-25(14)2)23-10-12-6-7-13(18)9-15(12)17(19,20)21/h6-7,9,14H,3-5,8,10-11H2,1-2H3,(H2,22,23,24). The summed E-state index contributed by atoms with van der Waals surface area (Å²) in [6.45, 7) is 4.03. The molecule has 2 rings (SSSR count). The van der Waals surface area contributed by atoms with Crippen LogP contribution >= 0.6 is 0 Å². The third-order valence-corrected chi connectivity index (χ3v) is 4.31. The highest BCUT2D eigenvalue weighted by atomic mass is 19.4. The molecule has 0 saturated carbocycles. The van der Waals surface area contributed by atoms with Crippen molar-refractivity contribution in [2.45, 2.75) is 38.5 Å². The zero-order valence-corrected chi connectivity index (χ0v) is 14.5. The third kappa shape index (κ3) is 5.59. The molecule has 1 aromatic carbocycles. The van der Waals surface area contributed by atoms with Crippen LogP contribution in [0.3, 0.4) is 0 Å². The van der Waals surface area contributed by atoms with Crippen LogP contribution < -0.4 is 10.6 Å². The van der Waals surface area contributed by atoms with Crippen molar-refractivity contribution in [1.82, 2.24) is 15.5 Å². The first kappa shape index (κ1) is 19.5. The van der Waals surface area contributed by atoms with Crippen molar-refractivity contribution in [3.8, 4) is 0 Å². The van der Waals surface area contributed by atoms with Crippen molar-refractivity contribution >= 4 is 5.96 Å². The van der Waals surface area contributed by atoms with Crippen LogP contribution in [-0.2, 0) is 12.7 Å². The molecule has 1 aliphatic rings. The van der Waals surface area contributed by atoms with Gasteiger partial charge in [-0.2, -0.15) is 13.2 Å². The molecule has 8 heteroatoms. The molecule has 4 nitrogen and oxygen atoms in total. The monoisotopic (exact) mass is 360 g/mol. The van der Waals surface area contributed by atoms with Gasteiger partial charge in [-0.05, 0) is 51.1 Å². The Morgan fingerprint density at radius 3 is 2.68 bits per heavy atom. The minimum Gasteiger partial charge on any atom is -0.357 e. The quantitative estimate of drug-likeness (QED) is 0.482. The molecule has 0 radical (unpaired) electrons. The van der Waals surface area contributed by atoms with E-state index in [1.807, 2.05) is 6.92 Å². The second-order valence-corrected chi connectivity index (χ2v) is 6.15. The zero-order valence-electron chi connectivity index (χ0n) is 14.5. The molecule has 1 fully saturated rings. The molecule has 0 aromatic heterocycles. The number of nitrogens with one attached hydrogen (secondary N) is 2. The summed E-state index contributed by atoms with van der Waals surface area (Å²) in [5.74, 6) is -0.449. The summed E-state index contributed by atoms with van der Waals surface area (Å²) >= 11 is 0. The van der Waals surface area contributed by atoms with Crippen LogP contribution in [0.25, 0.3) is 0 Å². The lowest BCUT2D eigenvalue weighted by Crippen LogP contribution is -2.44. The largest absolute Gasteiger partial charge is 0.416 e. The van der Waals surface area contributed by atoms with E-state index in [0.717, 1.165) is 31.5 Å². The Morgan fingerprint density at radius 2 is 2.08 bits per heavy atom. The highest BCUT2D eigenvalue weighted by molar-refractivity contribution is 5.79. The van der Waals surface area contributed by atoms with Crippen LogP contribution in [0.15, 0.2) is 23.2 Å². The molecule has 0 aliphatic carbocycles. The van der Waals surface area contributed by atoms with Crippen molar-refractivity contribution in [2.75, 3.05) is 26.7 Å². The van der Waals surface area contributed by atoms with Crippen LogP contribution in [0.5, 0.6) is 0 Å². The van der Waals surface area contributed by atoms with Gasteiger partial charge in [-0.1, -0.05) is 6.07 Å². The predicted molar refractivity (Wildman–Crippen MR) is 89.9 cm³/mol. The van der Waals surface area contributed by atoms with Crippen molar-refractivity contribution in [2.24, 2.45) is 4.99 Å². The number of alkyl halides is 3. The van der Waals surface area contributed by atoms with Gasteiger partial charge in [0.1, 0.15) is 5.82 Å². The number of guanidine groups is 1. The summed E-state index contributed by atoms with van der Waals surface area (Å²) < 4.78 is 52.3. The molecule has 1 atom stereocenters. The van der Waals surface area contributed by atoms with E-state index < -0.39 is 17.6 Å². The molecule has 0 amide bonds. The number of hydrogen-bond acceptors (Lipinski definition) is 2. The Hall–Kier alpha value is -1.83. The van der Waals surface area contributed by atoms with Gasteiger partial charge in [0.05, 0.1) is 12.1 Å². The molecule has 0 bridgehead atoms. The van der Waals surface area contributed by atoms with E-state index in [-0.39, 0.29) is 12.1 Å². The first-order chi connectivity index (χ1) is 11.8. The first-order valence-corrected chi connectivity index (χ1v) is 8.39. The van der Waals surface area contributed by atoms with Crippen LogP contribution in [0, 0.1) is 5.82 Å². The molecule has 1 aliphatic heterocycles. The van der Waals surface area contributed by atoms with Gasteiger partial charge in [0.25, 0.3) is 0 Å². The number of nitrogens with zero attached hydrogens (tertiary/aromatic N) is 2. The van der Waals surface area contributed by atoms with Gasteiger partial charge in [0.2, 0.25) is 0 Å². The number of hydrogen-bond donors (Lipinski definition) is 2. The average Bonchev–Trinajstić information content (AvgIpc) is 2.95. The maximum Gasteiger partial charge on any atom is 0.416 e. The van der Waals surface area contributed by atoms with Crippen LogP contribution in [0.1, 0.15) is 30.9 Å². The first-order valence-electron chi connectivity index (χ1n) is 8.39.